The van der Waals surface area contributed by atoms with Crippen LogP contribution in [0.15, 0.2) is 49.1 Å². The van der Waals surface area contributed by atoms with Gasteiger partial charge in [-0.25, -0.2) is 0 Å². The van der Waals surface area contributed by atoms with Gasteiger partial charge in [0.15, 0.2) is 5.88 Å². The molecule has 0 aliphatic rings. The van der Waals surface area contributed by atoms with Gasteiger partial charge in [-0.1, -0.05) is 18.2 Å². The fourth-order valence-electron chi connectivity index (χ4n) is 1.72. The van der Waals surface area contributed by atoms with Crippen molar-refractivity contribution in [2.75, 3.05) is 0 Å². The Bertz CT molecular complexity index is 619. The monoisotopic (exact) mass is 225 g/mol. The zero-order chi connectivity index (χ0) is 11.5. The van der Waals surface area contributed by atoms with Crippen LogP contribution in [-0.2, 0) is 6.61 Å². The Balaban J connectivity index is 1.82. The van der Waals surface area contributed by atoms with Crippen molar-refractivity contribution in [3.63, 3.8) is 0 Å². The average molecular weight is 225 g/mol. The molecule has 2 aromatic heterocycles. The van der Waals surface area contributed by atoms with Crippen LogP contribution in [0.25, 0.3) is 10.8 Å². The van der Waals surface area contributed by atoms with Gasteiger partial charge < -0.3 is 9.72 Å². The molecule has 3 aromatic rings. The third kappa shape index (κ3) is 1.97. The van der Waals surface area contributed by atoms with Crippen LogP contribution in [0.5, 0.6) is 5.88 Å². The number of nitrogens with one attached hydrogen (secondary N) is 1. The van der Waals surface area contributed by atoms with Crippen molar-refractivity contribution < 1.29 is 4.74 Å². The van der Waals surface area contributed by atoms with E-state index < -0.39 is 0 Å². The van der Waals surface area contributed by atoms with Crippen molar-refractivity contribution in [1.82, 2.24) is 15.0 Å². The maximum Gasteiger partial charge on any atom is 0.199 e. The number of aromatic amines is 1. The summed E-state index contributed by atoms with van der Waals surface area (Å²) >= 11 is 0. The predicted octanol–water partition coefficient (Wildman–Crippen LogP) is 2.54. The van der Waals surface area contributed by atoms with E-state index in [4.69, 9.17) is 4.74 Å². The van der Waals surface area contributed by atoms with E-state index in [1.807, 2.05) is 30.5 Å². The third-order valence-corrected chi connectivity index (χ3v) is 2.55. The summed E-state index contributed by atoms with van der Waals surface area (Å²) in [4.78, 5) is 11.3. The molecule has 1 N–H and O–H groups in total. The zero-order valence-electron chi connectivity index (χ0n) is 9.13. The average Bonchev–Trinajstić information content (AvgIpc) is 2.81. The van der Waals surface area contributed by atoms with Gasteiger partial charge in [0.05, 0.1) is 11.9 Å². The molecular weight excluding hydrogens is 214 g/mol. The highest BCUT2D eigenvalue weighted by atomic mass is 16.5. The van der Waals surface area contributed by atoms with Crippen molar-refractivity contribution in [3.05, 3.63) is 54.7 Å². The number of benzene rings is 1. The Kier molecular flexibility index (Phi) is 2.46. The second kappa shape index (κ2) is 4.25. The quantitative estimate of drug-likeness (QED) is 0.745. The summed E-state index contributed by atoms with van der Waals surface area (Å²) in [6, 6.07) is 8.06. The first-order chi connectivity index (χ1) is 8.43. The van der Waals surface area contributed by atoms with Crippen LogP contribution in [-0.4, -0.2) is 15.0 Å². The Morgan fingerprint density at radius 3 is 3.00 bits per heavy atom. The minimum atomic E-state index is 0.415. The Labute approximate surface area is 98.3 Å². The van der Waals surface area contributed by atoms with Crippen LogP contribution in [0.1, 0.15) is 5.69 Å². The summed E-state index contributed by atoms with van der Waals surface area (Å²) in [5.74, 6) is 0.770. The summed E-state index contributed by atoms with van der Waals surface area (Å²) < 4.78 is 5.69. The first-order valence-electron chi connectivity index (χ1n) is 5.37. The number of aromatic nitrogens is 3. The lowest BCUT2D eigenvalue weighted by atomic mass is 10.2. The molecule has 0 radical (unpaired) electrons. The number of hydrogen-bond acceptors (Lipinski definition) is 3. The van der Waals surface area contributed by atoms with Gasteiger partial charge in [0.1, 0.15) is 6.61 Å². The summed E-state index contributed by atoms with van der Waals surface area (Å²) in [6.07, 6.45) is 6.94. The van der Waals surface area contributed by atoms with E-state index in [0.29, 0.717) is 6.61 Å². The van der Waals surface area contributed by atoms with Crippen molar-refractivity contribution >= 4 is 10.8 Å². The second-order valence-electron chi connectivity index (χ2n) is 3.69. The smallest absolute Gasteiger partial charge is 0.199 e. The number of ether oxygens (including phenoxy) is 1. The molecule has 0 aliphatic heterocycles. The van der Waals surface area contributed by atoms with Gasteiger partial charge in [-0.2, -0.15) is 0 Å². The van der Waals surface area contributed by atoms with E-state index in [1.54, 1.807) is 18.6 Å². The van der Waals surface area contributed by atoms with Gasteiger partial charge in [-0.3, -0.25) is 9.97 Å². The summed E-state index contributed by atoms with van der Waals surface area (Å²) in [6.45, 7) is 0.415. The topological polar surface area (TPSA) is 50.8 Å². The van der Waals surface area contributed by atoms with Crippen molar-refractivity contribution in [2.45, 2.75) is 6.61 Å². The fourth-order valence-corrected chi connectivity index (χ4v) is 1.72. The largest absolute Gasteiger partial charge is 0.472 e. The molecule has 4 heteroatoms. The molecule has 0 spiro atoms. The lowest BCUT2D eigenvalue weighted by molar-refractivity contribution is 0.294. The number of nitrogens with zero attached hydrogens (tertiary/aromatic N) is 2. The summed E-state index contributed by atoms with van der Waals surface area (Å²) in [5.41, 5.74) is 0.811. The van der Waals surface area contributed by atoms with Gasteiger partial charge in [0.25, 0.3) is 0 Å². The predicted molar refractivity (Wildman–Crippen MR) is 64.7 cm³/mol. The van der Waals surface area contributed by atoms with E-state index in [2.05, 4.69) is 15.0 Å². The number of hydrogen-bond donors (Lipinski definition) is 1. The lowest BCUT2D eigenvalue weighted by Gasteiger charge is -2.03. The van der Waals surface area contributed by atoms with Crippen LogP contribution in [0.3, 0.4) is 0 Å². The van der Waals surface area contributed by atoms with Crippen LogP contribution in [0.2, 0.25) is 0 Å². The minimum Gasteiger partial charge on any atom is -0.472 e. The van der Waals surface area contributed by atoms with Gasteiger partial charge in [0.2, 0.25) is 0 Å². The molecule has 0 amide bonds. The maximum atomic E-state index is 5.69. The number of H-pyrrole nitrogens is 1. The summed E-state index contributed by atoms with van der Waals surface area (Å²) in [5, 5.41) is 2.22. The highest BCUT2D eigenvalue weighted by molar-refractivity contribution is 5.87. The molecule has 84 valence electrons. The molecule has 0 aliphatic carbocycles. The number of rotatable bonds is 3. The molecule has 17 heavy (non-hydrogen) atoms. The first-order valence-corrected chi connectivity index (χ1v) is 5.37. The van der Waals surface area contributed by atoms with Gasteiger partial charge in [0, 0.05) is 29.4 Å². The van der Waals surface area contributed by atoms with Crippen LogP contribution >= 0.6 is 0 Å². The molecule has 4 nitrogen and oxygen atoms in total. The normalized spacial score (nSPS) is 10.6. The van der Waals surface area contributed by atoms with E-state index in [-0.39, 0.29) is 0 Å². The minimum absolute atomic E-state index is 0.415. The third-order valence-electron chi connectivity index (χ3n) is 2.55. The first kappa shape index (κ1) is 9.84. The molecule has 2 heterocycles. The lowest BCUT2D eigenvalue weighted by Crippen LogP contribution is -1.98. The van der Waals surface area contributed by atoms with Gasteiger partial charge in [-0.15, -0.1) is 0 Å². The van der Waals surface area contributed by atoms with E-state index in [1.165, 1.54) is 0 Å². The molecule has 0 atom stereocenters. The van der Waals surface area contributed by atoms with Crippen LogP contribution in [0.4, 0.5) is 0 Å². The van der Waals surface area contributed by atoms with Gasteiger partial charge >= 0.3 is 0 Å². The van der Waals surface area contributed by atoms with Crippen molar-refractivity contribution in [2.24, 2.45) is 0 Å². The van der Waals surface area contributed by atoms with Crippen LogP contribution < -0.4 is 4.74 Å². The van der Waals surface area contributed by atoms with E-state index in [0.717, 1.165) is 22.3 Å². The maximum absolute atomic E-state index is 5.69. The standard InChI is InChI=1S/C13H11N3O/c1-2-4-12-10(3-1)7-16-13(12)17-9-11-8-14-5-6-15-11/h1-8,16H,9H2. The molecule has 0 fully saturated rings. The van der Waals surface area contributed by atoms with E-state index >= 15 is 0 Å². The number of fused-ring (bicyclic) bond motifs is 1. The Morgan fingerprint density at radius 2 is 2.12 bits per heavy atom. The van der Waals surface area contributed by atoms with E-state index in [9.17, 15) is 0 Å². The molecule has 0 saturated heterocycles. The zero-order valence-corrected chi connectivity index (χ0v) is 9.13. The highest BCUT2D eigenvalue weighted by Gasteiger charge is 2.04. The van der Waals surface area contributed by atoms with Crippen molar-refractivity contribution in [3.8, 4) is 5.88 Å². The Hall–Kier alpha value is -2.36. The SMILES string of the molecule is c1ccc2c(OCc3cnccn3)[nH]cc2c1. The second-order valence-corrected chi connectivity index (χ2v) is 3.69. The molecule has 0 bridgehead atoms. The molecular formula is C13H11N3O. The molecule has 0 saturated carbocycles. The van der Waals surface area contributed by atoms with Crippen molar-refractivity contribution in [1.29, 1.82) is 0 Å². The van der Waals surface area contributed by atoms with Crippen LogP contribution in [0, 0.1) is 0 Å². The Morgan fingerprint density at radius 1 is 1.18 bits per heavy atom. The summed E-state index contributed by atoms with van der Waals surface area (Å²) in [7, 11) is 0. The molecule has 3 rings (SSSR count). The van der Waals surface area contributed by atoms with Gasteiger partial charge in [-0.05, 0) is 6.07 Å². The molecule has 1 aromatic carbocycles. The fraction of sp³-hybridized carbons (Fsp3) is 0.0769. The molecule has 0 unspecified atom stereocenters. The highest BCUT2D eigenvalue weighted by Crippen LogP contribution is 2.24.